The van der Waals surface area contributed by atoms with Crippen molar-refractivity contribution in [3.63, 3.8) is 0 Å². The summed E-state index contributed by atoms with van der Waals surface area (Å²) in [6, 6.07) is 0. The van der Waals surface area contributed by atoms with E-state index in [2.05, 4.69) is 6.58 Å². The second-order valence-electron chi connectivity index (χ2n) is 3.82. The molecular formula is C14H28O7. The Hall–Kier alpha value is -0.700. The fraction of sp³-hybridized carbons (Fsp3) is 0.857. The zero-order valence-corrected chi connectivity index (χ0v) is 12.7. The van der Waals surface area contributed by atoms with Gasteiger partial charge >= 0.3 is 0 Å². The molecule has 0 atom stereocenters. The minimum Gasteiger partial charge on any atom is -0.499 e. The minimum atomic E-state index is 0.0384. The predicted molar refractivity (Wildman–Crippen MR) is 77.3 cm³/mol. The van der Waals surface area contributed by atoms with Crippen LogP contribution in [0.5, 0.6) is 0 Å². The van der Waals surface area contributed by atoms with Crippen molar-refractivity contribution in [1.82, 2.24) is 0 Å². The van der Waals surface area contributed by atoms with E-state index in [0.29, 0.717) is 72.7 Å². The molecule has 0 unspecified atom stereocenters. The molecule has 21 heavy (non-hydrogen) atoms. The van der Waals surface area contributed by atoms with Gasteiger partial charge in [0.2, 0.25) is 0 Å². The van der Waals surface area contributed by atoms with Gasteiger partial charge in [0.05, 0.1) is 78.9 Å². The molecule has 0 spiro atoms. The molecule has 0 aromatic heterocycles. The molecule has 1 N–H and O–H groups in total. The first-order valence-electron chi connectivity index (χ1n) is 7.14. The monoisotopic (exact) mass is 308 g/mol. The molecule has 0 aliphatic rings. The van der Waals surface area contributed by atoms with E-state index in [1.54, 1.807) is 0 Å². The molecule has 0 aromatic rings. The van der Waals surface area contributed by atoms with Crippen molar-refractivity contribution in [2.45, 2.75) is 0 Å². The summed E-state index contributed by atoms with van der Waals surface area (Å²) in [5.74, 6) is 0. The summed E-state index contributed by atoms with van der Waals surface area (Å²) >= 11 is 0. The highest BCUT2D eigenvalue weighted by Gasteiger charge is 1.93. The summed E-state index contributed by atoms with van der Waals surface area (Å²) in [6.07, 6.45) is 1.39. The predicted octanol–water partition coefficient (Wildman–Crippen LogP) is 0.222. The molecule has 0 radical (unpaired) electrons. The van der Waals surface area contributed by atoms with E-state index < -0.39 is 0 Å². The number of hydrogen-bond donors (Lipinski definition) is 1. The van der Waals surface area contributed by atoms with Crippen LogP contribution in [0.1, 0.15) is 0 Å². The van der Waals surface area contributed by atoms with E-state index in [0.717, 1.165) is 0 Å². The summed E-state index contributed by atoms with van der Waals surface area (Å²) in [5.41, 5.74) is 0. The quantitative estimate of drug-likeness (QED) is 0.287. The van der Waals surface area contributed by atoms with E-state index in [9.17, 15) is 0 Å². The zero-order valence-electron chi connectivity index (χ0n) is 12.7. The van der Waals surface area contributed by atoms with Crippen LogP contribution < -0.4 is 0 Å². The van der Waals surface area contributed by atoms with Gasteiger partial charge in [-0.2, -0.15) is 0 Å². The lowest BCUT2D eigenvalue weighted by Gasteiger charge is -2.07. The normalized spacial score (nSPS) is 10.7. The summed E-state index contributed by atoms with van der Waals surface area (Å²) < 4.78 is 31.1. The molecule has 0 amide bonds. The molecular weight excluding hydrogens is 280 g/mol. The third kappa shape index (κ3) is 19.3. The van der Waals surface area contributed by atoms with Crippen molar-refractivity contribution in [3.05, 3.63) is 12.8 Å². The highest BCUT2D eigenvalue weighted by atomic mass is 16.6. The smallest absolute Gasteiger partial charge is 0.111 e. The second-order valence-corrected chi connectivity index (χ2v) is 3.82. The van der Waals surface area contributed by atoms with Crippen LogP contribution in [-0.2, 0) is 28.4 Å². The van der Waals surface area contributed by atoms with Crippen LogP contribution >= 0.6 is 0 Å². The number of aliphatic hydroxyl groups is 1. The van der Waals surface area contributed by atoms with E-state index in [1.165, 1.54) is 6.26 Å². The maximum absolute atomic E-state index is 8.48. The minimum absolute atomic E-state index is 0.0384. The molecule has 0 aromatic carbocycles. The van der Waals surface area contributed by atoms with Gasteiger partial charge in [-0.1, -0.05) is 6.58 Å². The van der Waals surface area contributed by atoms with Crippen LogP contribution in [0.15, 0.2) is 12.8 Å². The molecule has 0 aliphatic carbocycles. The molecule has 0 fully saturated rings. The molecule has 0 bridgehead atoms. The van der Waals surface area contributed by atoms with Crippen LogP contribution in [0, 0.1) is 0 Å². The van der Waals surface area contributed by atoms with Gasteiger partial charge in [-0.25, -0.2) is 0 Å². The largest absolute Gasteiger partial charge is 0.499 e. The van der Waals surface area contributed by atoms with Crippen LogP contribution in [0.25, 0.3) is 0 Å². The van der Waals surface area contributed by atoms with Crippen molar-refractivity contribution in [1.29, 1.82) is 0 Å². The SMILES string of the molecule is C=COCCOCCOCCOCCOCCOCCO. The number of ether oxygens (including phenoxy) is 6. The Morgan fingerprint density at radius 2 is 0.905 bits per heavy atom. The van der Waals surface area contributed by atoms with Crippen molar-refractivity contribution in [3.8, 4) is 0 Å². The average molecular weight is 308 g/mol. The maximum atomic E-state index is 8.48. The van der Waals surface area contributed by atoms with E-state index in [1.807, 2.05) is 0 Å². The van der Waals surface area contributed by atoms with Gasteiger partial charge in [0.15, 0.2) is 0 Å². The van der Waals surface area contributed by atoms with Gasteiger partial charge in [0.1, 0.15) is 6.61 Å². The van der Waals surface area contributed by atoms with Crippen molar-refractivity contribution >= 4 is 0 Å². The summed E-state index contributed by atoms with van der Waals surface area (Å²) in [6.45, 7) is 9.05. The molecule has 0 heterocycles. The fourth-order valence-electron chi connectivity index (χ4n) is 1.24. The van der Waals surface area contributed by atoms with Gasteiger partial charge in [-0.15, -0.1) is 0 Å². The molecule has 0 saturated heterocycles. The highest BCUT2D eigenvalue weighted by Crippen LogP contribution is 1.84. The van der Waals surface area contributed by atoms with Crippen LogP contribution in [0.2, 0.25) is 0 Å². The lowest BCUT2D eigenvalue weighted by atomic mass is 10.7. The zero-order chi connectivity index (χ0) is 15.4. The molecule has 0 rings (SSSR count). The Kier molecular flexibility index (Phi) is 18.7. The second kappa shape index (κ2) is 19.3. The van der Waals surface area contributed by atoms with E-state index in [4.69, 9.17) is 33.5 Å². The van der Waals surface area contributed by atoms with Crippen LogP contribution in [0.4, 0.5) is 0 Å². The summed E-state index contributed by atoms with van der Waals surface area (Å²) in [7, 11) is 0. The first-order valence-corrected chi connectivity index (χ1v) is 7.14. The average Bonchev–Trinajstić information content (AvgIpc) is 2.50. The van der Waals surface area contributed by atoms with Gasteiger partial charge < -0.3 is 33.5 Å². The molecule has 7 heteroatoms. The molecule has 0 saturated carbocycles. The Morgan fingerprint density at radius 3 is 1.24 bits per heavy atom. The van der Waals surface area contributed by atoms with Gasteiger partial charge in [-0.05, 0) is 0 Å². The third-order valence-electron chi connectivity index (χ3n) is 2.19. The van der Waals surface area contributed by atoms with E-state index in [-0.39, 0.29) is 6.61 Å². The van der Waals surface area contributed by atoms with E-state index >= 15 is 0 Å². The van der Waals surface area contributed by atoms with Crippen LogP contribution in [-0.4, -0.2) is 84.4 Å². The fourth-order valence-corrected chi connectivity index (χ4v) is 1.24. The molecule has 7 nitrogen and oxygen atoms in total. The third-order valence-corrected chi connectivity index (χ3v) is 2.19. The highest BCUT2D eigenvalue weighted by molar-refractivity contribution is 4.47. The van der Waals surface area contributed by atoms with Crippen molar-refractivity contribution in [2.75, 3.05) is 79.3 Å². The Bertz CT molecular complexity index is 202. The topological polar surface area (TPSA) is 75.6 Å². The number of rotatable bonds is 18. The van der Waals surface area contributed by atoms with Gasteiger partial charge in [0.25, 0.3) is 0 Å². The lowest BCUT2D eigenvalue weighted by molar-refractivity contribution is -0.0154. The molecule has 0 aliphatic heterocycles. The molecule has 126 valence electrons. The Morgan fingerprint density at radius 1 is 0.571 bits per heavy atom. The Balaban J connectivity index is 2.91. The first-order chi connectivity index (χ1) is 10.4. The maximum Gasteiger partial charge on any atom is 0.111 e. The van der Waals surface area contributed by atoms with Crippen molar-refractivity contribution < 1.29 is 33.5 Å². The summed E-state index contributed by atoms with van der Waals surface area (Å²) in [5, 5.41) is 8.48. The number of hydrogen-bond acceptors (Lipinski definition) is 7. The standard InChI is InChI=1S/C14H28O7/c1-2-16-5-6-18-9-10-20-13-14-21-12-11-19-8-7-17-4-3-15/h2,15H,1,3-14H2. The summed E-state index contributed by atoms with van der Waals surface area (Å²) in [4.78, 5) is 0. The van der Waals surface area contributed by atoms with Crippen LogP contribution in [0.3, 0.4) is 0 Å². The van der Waals surface area contributed by atoms with Crippen molar-refractivity contribution in [2.24, 2.45) is 0 Å². The Labute approximate surface area is 126 Å². The lowest BCUT2D eigenvalue weighted by Crippen LogP contribution is -2.14. The van der Waals surface area contributed by atoms with Gasteiger partial charge in [-0.3, -0.25) is 0 Å². The van der Waals surface area contributed by atoms with Gasteiger partial charge in [0, 0.05) is 0 Å². The number of aliphatic hydroxyl groups excluding tert-OH is 1. The first kappa shape index (κ1) is 20.3.